The summed E-state index contributed by atoms with van der Waals surface area (Å²) < 4.78 is 6.59. The van der Waals surface area contributed by atoms with Gasteiger partial charge in [0.2, 0.25) is 0 Å². The number of benzene rings is 2. The molecule has 1 amide bonds. The van der Waals surface area contributed by atoms with Crippen LogP contribution in [0.2, 0.25) is 0 Å². The number of hydrogen-bond acceptors (Lipinski definition) is 4. The van der Waals surface area contributed by atoms with Crippen LogP contribution in [0.3, 0.4) is 0 Å². The van der Waals surface area contributed by atoms with Gasteiger partial charge in [0.05, 0.1) is 23.0 Å². The lowest BCUT2D eigenvalue weighted by Crippen LogP contribution is -2.30. The van der Waals surface area contributed by atoms with Crippen LogP contribution in [0.1, 0.15) is 38.4 Å². The summed E-state index contributed by atoms with van der Waals surface area (Å²) in [4.78, 5) is 19.9. The molecule has 0 radical (unpaired) electrons. The monoisotopic (exact) mass is 390 g/mol. The molecule has 0 unspecified atom stereocenters. The maximum Gasteiger partial charge on any atom is 0.260 e. The topological polar surface area (TPSA) is 46.3 Å². The molecule has 0 bridgehead atoms. The minimum atomic E-state index is -0.0769. The van der Waals surface area contributed by atoms with Gasteiger partial charge in [-0.3, -0.25) is 9.69 Å². The fraction of sp³-hybridized carbons (Fsp3) is 0.217. The third-order valence-electron chi connectivity index (χ3n) is 5.12. The average Bonchev–Trinajstić information content (AvgIpc) is 3.31. The lowest BCUT2D eigenvalue weighted by Gasteiger charge is -2.19. The van der Waals surface area contributed by atoms with Crippen molar-refractivity contribution in [3.63, 3.8) is 0 Å². The summed E-state index contributed by atoms with van der Waals surface area (Å²) in [6, 6.07) is 13.7. The van der Waals surface area contributed by atoms with E-state index in [0.717, 1.165) is 21.5 Å². The summed E-state index contributed by atoms with van der Waals surface area (Å²) in [5, 5.41) is 0.680. The lowest BCUT2D eigenvalue weighted by atomic mass is 10.1. The van der Waals surface area contributed by atoms with Crippen LogP contribution in [0.5, 0.6) is 0 Å². The number of anilines is 1. The maximum absolute atomic E-state index is 13.4. The molecule has 5 heteroatoms. The van der Waals surface area contributed by atoms with Gasteiger partial charge in [0.1, 0.15) is 5.76 Å². The number of aryl methyl sites for hydroxylation is 4. The number of fused-ring (bicyclic) bond motifs is 1. The molecule has 142 valence electrons. The highest BCUT2D eigenvalue weighted by atomic mass is 32.1. The lowest BCUT2D eigenvalue weighted by molar-refractivity contribution is 0.0983. The first kappa shape index (κ1) is 18.4. The smallest absolute Gasteiger partial charge is 0.260 e. The van der Waals surface area contributed by atoms with E-state index in [1.54, 1.807) is 11.2 Å². The Labute approximate surface area is 168 Å². The maximum atomic E-state index is 13.4. The summed E-state index contributed by atoms with van der Waals surface area (Å²) >= 11 is 1.53. The first-order chi connectivity index (χ1) is 13.4. The number of hydrogen-bond donors (Lipinski definition) is 0. The van der Waals surface area contributed by atoms with Crippen LogP contribution in [0.15, 0.2) is 53.1 Å². The van der Waals surface area contributed by atoms with E-state index in [2.05, 4.69) is 26.0 Å². The molecule has 2 heterocycles. The van der Waals surface area contributed by atoms with Crippen molar-refractivity contribution in [3.8, 4) is 0 Å². The molecule has 2 aromatic heterocycles. The second kappa shape index (κ2) is 7.24. The number of carbonyl (C=O) groups is 1. The number of rotatable bonds is 4. The molecule has 0 atom stereocenters. The van der Waals surface area contributed by atoms with Gasteiger partial charge in [0.25, 0.3) is 5.91 Å². The number of nitrogens with zero attached hydrogens (tertiary/aromatic N) is 2. The van der Waals surface area contributed by atoms with Crippen molar-refractivity contribution in [1.29, 1.82) is 0 Å². The van der Waals surface area contributed by atoms with Gasteiger partial charge in [-0.25, -0.2) is 4.98 Å². The van der Waals surface area contributed by atoms with Crippen molar-refractivity contribution >= 4 is 32.6 Å². The Hall–Kier alpha value is -2.92. The van der Waals surface area contributed by atoms with E-state index in [1.165, 1.54) is 28.0 Å². The van der Waals surface area contributed by atoms with Gasteiger partial charge >= 0.3 is 0 Å². The quantitative estimate of drug-likeness (QED) is 0.431. The Bertz CT molecular complexity index is 1120. The van der Waals surface area contributed by atoms with Gasteiger partial charge < -0.3 is 4.42 Å². The highest BCUT2D eigenvalue weighted by Crippen LogP contribution is 2.32. The molecule has 0 saturated heterocycles. The molecule has 0 N–H and O–H groups in total. The highest BCUT2D eigenvalue weighted by molar-refractivity contribution is 7.22. The second-order valence-electron chi connectivity index (χ2n) is 7.17. The summed E-state index contributed by atoms with van der Waals surface area (Å²) in [6.07, 6.45) is 1.62. The summed E-state index contributed by atoms with van der Waals surface area (Å²) in [5.41, 5.74) is 6.25. The number of thiazole rings is 1. The van der Waals surface area contributed by atoms with Crippen molar-refractivity contribution in [2.75, 3.05) is 4.90 Å². The van der Waals surface area contributed by atoms with E-state index in [1.807, 2.05) is 44.2 Å². The molecule has 0 aliphatic heterocycles. The SMILES string of the molecule is Cc1ccc(C(=O)N(Cc2ccco2)c2nc3cc(C)c(C)cc3s2)cc1C. The van der Waals surface area contributed by atoms with Crippen molar-refractivity contribution in [3.05, 3.63) is 82.3 Å². The van der Waals surface area contributed by atoms with Gasteiger partial charge in [-0.05, 0) is 86.3 Å². The van der Waals surface area contributed by atoms with E-state index < -0.39 is 0 Å². The highest BCUT2D eigenvalue weighted by Gasteiger charge is 2.23. The number of aromatic nitrogens is 1. The molecule has 0 saturated carbocycles. The van der Waals surface area contributed by atoms with Gasteiger partial charge in [0.15, 0.2) is 5.13 Å². The van der Waals surface area contributed by atoms with Crippen LogP contribution in [-0.4, -0.2) is 10.9 Å². The standard InChI is InChI=1S/C23H22N2O2S/c1-14-7-8-18(10-15(14)2)22(26)25(13-19-6-5-9-27-19)23-24-20-11-16(3)17(4)12-21(20)28-23/h5-12H,13H2,1-4H3. The first-order valence-electron chi connectivity index (χ1n) is 9.21. The minimum Gasteiger partial charge on any atom is -0.467 e. The molecule has 4 aromatic rings. The van der Waals surface area contributed by atoms with Crippen molar-refractivity contribution in [2.45, 2.75) is 34.2 Å². The fourth-order valence-electron chi connectivity index (χ4n) is 3.10. The van der Waals surface area contributed by atoms with E-state index in [9.17, 15) is 4.79 Å². The second-order valence-corrected chi connectivity index (χ2v) is 8.18. The van der Waals surface area contributed by atoms with Crippen molar-refractivity contribution in [2.24, 2.45) is 0 Å². The molecule has 4 nitrogen and oxygen atoms in total. The largest absolute Gasteiger partial charge is 0.467 e. The van der Waals surface area contributed by atoms with E-state index in [4.69, 9.17) is 9.40 Å². The normalized spacial score (nSPS) is 11.1. The summed E-state index contributed by atoms with van der Waals surface area (Å²) in [6.45, 7) is 8.58. The Morgan fingerprint density at radius 1 is 1.00 bits per heavy atom. The molecule has 0 aliphatic rings. The molecular weight excluding hydrogens is 368 g/mol. The van der Waals surface area contributed by atoms with Crippen LogP contribution in [0.25, 0.3) is 10.2 Å². The molecule has 0 fully saturated rings. The molecule has 4 rings (SSSR count). The van der Waals surface area contributed by atoms with Gasteiger partial charge in [-0.1, -0.05) is 17.4 Å². The van der Waals surface area contributed by atoms with Crippen LogP contribution < -0.4 is 4.90 Å². The van der Waals surface area contributed by atoms with Gasteiger partial charge in [-0.15, -0.1) is 0 Å². The van der Waals surface area contributed by atoms with E-state index in [-0.39, 0.29) is 5.91 Å². The van der Waals surface area contributed by atoms with Gasteiger partial charge in [0, 0.05) is 5.56 Å². The summed E-state index contributed by atoms with van der Waals surface area (Å²) in [7, 11) is 0. The summed E-state index contributed by atoms with van der Waals surface area (Å²) in [5.74, 6) is 0.649. The number of amides is 1. The molecular formula is C23H22N2O2S. The van der Waals surface area contributed by atoms with Crippen LogP contribution in [0, 0.1) is 27.7 Å². The third-order valence-corrected chi connectivity index (χ3v) is 6.16. The Kier molecular flexibility index (Phi) is 4.77. The fourth-order valence-corrected chi connectivity index (χ4v) is 4.14. The zero-order chi connectivity index (χ0) is 19.8. The van der Waals surface area contributed by atoms with Gasteiger partial charge in [-0.2, -0.15) is 0 Å². The Balaban J connectivity index is 1.79. The van der Waals surface area contributed by atoms with Crippen molar-refractivity contribution in [1.82, 2.24) is 4.98 Å². The van der Waals surface area contributed by atoms with E-state index in [0.29, 0.717) is 17.2 Å². The Morgan fingerprint density at radius 2 is 1.75 bits per heavy atom. The molecule has 0 aliphatic carbocycles. The van der Waals surface area contributed by atoms with Crippen LogP contribution >= 0.6 is 11.3 Å². The molecule has 2 aromatic carbocycles. The van der Waals surface area contributed by atoms with E-state index >= 15 is 0 Å². The van der Waals surface area contributed by atoms with Crippen molar-refractivity contribution < 1.29 is 9.21 Å². The third kappa shape index (κ3) is 3.45. The number of carbonyl (C=O) groups excluding carboxylic acids is 1. The molecule has 0 spiro atoms. The first-order valence-corrected chi connectivity index (χ1v) is 10.0. The zero-order valence-corrected chi connectivity index (χ0v) is 17.3. The predicted octanol–water partition coefficient (Wildman–Crippen LogP) is 5.97. The predicted molar refractivity (Wildman–Crippen MR) is 114 cm³/mol. The minimum absolute atomic E-state index is 0.0769. The molecule has 28 heavy (non-hydrogen) atoms. The van der Waals surface area contributed by atoms with Crippen LogP contribution in [-0.2, 0) is 6.54 Å². The zero-order valence-electron chi connectivity index (χ0n) is 16.4. The number of furan rings is 1. The van der Waals surface area contributed by atoms with Crippen LogP contribution in [0.4, 0.5) is 5.13 Å². The Morgan fingerprint density at radius 3 is 2.46 bits per heavy atom. The average molecular weight is 391 g/mol.